The highest BCUT2D eigenvalue weighted by Gasteiger charge is 2.31. The Bertz CT molecular complexity index is 1110. The Morgan fingerprint density at radius 3 is 2.35 bits per heavy atom. The molecule has 1 unspecified atom stereocenters. The number of nitrogens with one attached hydrogen (secondary N) is 1. The molecule has 0 saturated carbocycles. The molecule has 0 radical (unpaired) electrons. The minimum absolute atomic E-state index is 0.0190. The lowest BCUT2D eigenvalue weighted by molar-refractivity contribution is -0.118. The summed E-state index contributed by atoms with van der Waals surface area (Å²) in [5, 5.41) is 14.0. The molecule has 2 aromatic rings. The summed E-state index contributed by atoms with van der Waals surface area (Å²) in [4.78, 5) is 30.4. The molecule has 2 saturated heterocycles. The van der Waals surface area contributed by atoms with Crippen LogP contribution >= 0.6 is 0 Å². The van der Waals surface area contributed by atoms with Gasteiger partial charge in [0.25, 0.3) is 5.91 Å². The van der Waals surface area contributed by atoms with E-state index in [0.717, 1.165) is 57.5 Å². The normalized spacial score (nSPS) is 19.4. The van der Waals surface area contributed by atoms with Gasteiger partial charge in [-0.05, 0) is 87.2 Å². The number of aliphatic hydroxyl groups is 1. The molecule has 2 N–H and O–H groups in total. The number of hydrogen-bond donors (Lipinski definition) is 2. The van der Waals surface area contributed by atoms with Crippen molar-refractivity contribution in [1.29, 1.82) is 0 Å². The number of halogens is 1. The predicted molar refractivity (Wildman–Crippen MR) is 137 cm³/mol. The molecule has 9 heteroatoms. The van der Waals surface area contributed by atoms with Crippen LogP contribution in [0.3, 0.4) is 0 Å². The van der Waals surface area contributed by atoms with Crippen LogP contribution in [0, 0.1) is 5.82 Å². The number of Topliss-reactive ketones (excluding diaryl/α,β-unsaturated/α-hetero) is 1. The number of carbonyl (C=O) groups is 2. The van der Waals surface area contributed by atoms with Crippen molar-refractivity contribution in [2.75, 3.05) is 50.8 Å². The van der Waals surface area contributed by atoms with Gasteiger partial charge in [0, 0.05) is 30.9 Å². The zero-order valence-electron chi connectivity index (χ0n) is 21.0. The van der Waals surface area contributed by atoms with Gasteiger partial charge in [0.05, 0.1) is 6.04 Å². The lowest BCUT2D eigenvalue weighted by Crippen LogP contribution is -2.48. The molecule has 1 amide bonds. The summed E-state index contributed by atoms with van der Waals surface area (Å²) in [7, 11) is 0. The van der Waals surface area contributed by atoms with Crippen molar-refractivity contribution in [2.24, 2.45) is 0 Å². The zero-order valence-corrected chi connectivity index (χ0v) is 21.0. The summed E-state index contributed by atoms with van der Waals surface area (Å²) in [5.41, 5.74) is 1.59. The summed E-state index contributed by atoms with van der Waals surface area (Å²) in [5.74, 6) is -1.87. The van der Waals surface area contributed by atoms with Gasteiger partial charge in [0.1, 0.15) is 19.3 Å². The minimum Gasteiger partial charge on any atom is -0.486 e. The second-order valence-electron chi connectivity index (χ2n) is 9.98. The molecule has 0 aromatic heterocycles. The maximum atomic E-state index is 14.7. The highest BCUT2D eigenvalue weighted by molar-refractivity contribution is 6.42. The second kappa shape index (κ2) is 11.5. The first-order valence-corrected chi connectivity index (χ1v) is 13.2. The van der Waals surface area contributed by atoms with Gasteiger partial charge in [-0.2, -0.15) is 0 Å². The van der Waals surface area contributed by atoms with Gasteiger partial charge < -0.3 is 29.7 Å². The zero-order chi connectivity index (χ0) is 25.8. The Hall–Kier alpha value is -3.17. The molecule has 5 rings (SSSR count). The van der Waals surface area contributed by atoms with Crippen LogP contribution in [-0.4, -0.2) is 73.7 Å². The molecule has 3 heterocycles. The van der Waals surface area contributed by atoms with Crippen molar-refractivity contribution in [1.82, 2.24) is 10.2 Å². The molecule has 0 spiro atoms. The summed E-state index contributed by atoms with van der Waals surface area (Å²) in [6.07, 6.45) is 4.34. The Labute approximate surface area is 216 Å². The molecule has 8 nitrogen and oxygen atoms in total. The van der Waals surface area contributed by atoms with Crippen LogP contribution in [0.2, 0.25) is 0 Å². The van der Waals surface area contributed by atoms with E-state index in [4.69, 9.17) is 9.47 Å². The molecule has 37 heavy (non-hydrogen) atoms. The van der Waals surface area contributed by atoms with E-state index in [1.54, 1.807) is 12.1 Å². The van der Waals surface area contributed by atoms with Gasteiger partial charge in [-0.15, -0.1) is 0 Å². The maximum Gasteiger partial charge on any atom is 0.292 e. The molecule has 2 atom stereocenters. The van der Waals surface area contributed by atoms with Crippen LogP contribution in [0.4, 0.5) is 10.1 Å². The van der Waals surface area contributed by atoms with Gasteiger partial charge in [-0.3, -0.25) is 9.59 Å². The van der Waals surface area contributed by atoms with Gasteiger partial charge >= 0.3 is 0 Å². The van der Waals surface area contributed by atoms with Crippen molar-refractivity contribution < 1.29 is 28.6 Å². The van der Waals surface area contributed by atoms with Crippen molar-refractivity contribution in [2.45, 2.75) is 44.2 Å². The fourth-order valence-corrected chi connectivity index (χ4v) is 5.34. The average molecular weight is 512 g/mol. The summed E-state index contributed by atoms with van der Waals surface area (Å²) in [6.45, 7) is 4.52. The highest BCUT2D eigenvalue weighted by Crippen LogP contribution is 2.36. The van der Waals surface area contributed by atoms with Crippen LogP contribution < -0.4 is 19.7 Å². The van der Waals surface area contributed by atoms with Crippen molar-refractivity contribution in [3.05, 3.63) is 53.3 Å². The molecule has 0 aliphatic carbocycles. The van der Waals surface area contributed by atoms with Gasteiger partial charge in [-0.25, -0.2) is 4.39 Å². The third-order valence-corrected chi connectivity index (χ3v) is 7.37. The monoisotopic (exact) mass is 511 g/mol. The molecular weight excluding hydrogens is 477 g/mol. The Morgan fingerprint density at radius 1 is 0.946 bits per heavy atom. The number of anilines is 1. The number of likely N-dealkylation sites (tertiary alicyclic amines) is 1. The predicted octanol–water partition coefficient (Wildman–Crippen LogP) is 3.08. The fraction of sp³-hybridized carbons (Fsp3) is 0.500. The molecule has 3 aliphatic rings. The first kappa shape index (κ1) is 25.5. The smallest absolute Gasteiger partial charge is 0.292 e. The van der Waals surface area contributed by atoms with Gasteiger partial charge in [0.15, 0.2) is 17.3 Å². The first-order chi connectivity index (χ1) is 18.0. The van der Waals surface area contributed by atoms with Crippen LogP contribution in [0.15, 0.2) is 36.4 Å². The van der Waals surface area contributed by atoms with Gasteiger partial charge in [0.2, 0.25) is 5.78 Å². The standard InChI is InChI=1S/C28H34FN3O5/c29-22-16-20(17-24-27(22)37-15-14-36-24)25(33)23(18-31-10-4-5-11-31)30-28(35)26(34)19-6-8-21(9-7-19)32-12-2-1-3-13-32/h6-9,16-17,23,25,33H,1-5,10-15,18H2,(H,30,35)/t23-,25?/m1/s1. The van der Waals surface area contributed by atoms with E-state index in [9.17, 15) is 19.1 Å². The van der Waals surface area contributed by atoms with E-state index in [-0.39, 0.29) is 35.8 Å². The minimum atomic E-state index is -1.25. The second-order valence-corrected chi connectivity index (χ2v) is 9.98. The number of hydrogen-bond acceptors (Lipinski definition) is 7. The lowest BCUT2D eigenvalue weighted by Gasteiger charge is -2.29. The first-order valence-electron chi connectivity index (χ1n) is 13.2. The van der Waals surface area contributed by atoms with E-state index in [1.165, 1.54) is 18.6 Å². The largest absolute Gasteiger partial charge is 0.486 e. The van der Waals surface area contributed by atoms with E-state index >= 15 is 0 Å². The van der Waals surface area contributed by atoms with E-state index < -0.39 is 29.7 Å². The third-order valence-electron chi connectivity index (χ3n) is 7.37. The van der Waals surface area contributed by atoms with Crippen molar-refractivity contribution >= 4 is 17.4 Å². The van der Waals surface area contributed by atoms with Crippen molar-refractivity contribution in [3.8, 4) is 11.5 Å². The molecule has 2 fully saturated rings. The van der Waals surface area contributed by atoms with Crippen LogP contribution in [0.5, 0.6) is 11.5 Å². The summed E-state index contributed by atoms with van der Waals surface area (Å²) < 4.78 is 25.5. The Kier molecular flexibility index (Phi) is 7.90. The Balaban J connectivity index is 1.31. The molecule has 2 aromatic carbocycles. The summed E-state index contributed by atoms with van der Waals surface area (Å²) >= 11 is 0. The van der Waals surface area contributed by atoms with E-state index in [2.05, 4.69) is 15.1 Å². The van der Waals surface area contributed by atoms with E-state index in [1.807, 2.05) is 12.1 Å². The molecular formula is C28H34FN3O5. The number of amides is 1. The maximum absolute atomic E-state index is 14.7. The Morgan fingerprint density at radius 2 is 1.62 bits per heavy atom. The van der Waals surface area contributed by atoms with Crippen molar-refractivity contribution in [3.63, 3.8) is 0 Å². The number of fused-ring (bicyclic) bond motifs is 1. The molecule has 198 valence electrons. The van der Waals surface area contributed by atoms with Crippen LogP contribution in [0.25, 0.3) is 0 Å². The van der Waals surface area contributed by atoms with E-state index in [0.29, 0.717) is 6.54 Å². The number of benzene rings is 2. The topological polar surface area (TPSA) is 91.3 Å². The number of piperidine rings is 1. The van der Waals surface area contributed by atoms with Gasteiger partial charge in [-0.1, -0.05) is 0 Å². The summed E-state index contributed by atoms with van der Waals surface area (Å²) in [6, 6.07) is 9.02. The average Bonchev–Trinajstić information content (AvgIpc) is 3.45. The number of ether oxygens (including phenoxy) is 2. The van der Waals surface area contributed by atoms with Crippen LogP contribution in [0.1, 0.15) is 54.1 Å². The number of carbonyl (C=O) groups excluding carboxylic acids is 2. The molecule has 0 bridgehead atoms. The number of nitrogens with zero attached hydrogens (tertiary/aromatic N) is 2. The third kappa shape index (κ3) is 5.88. The number of ketones is 1. The molecule has 3 aliphatic heterocycles. The number of rotatable bonds is 8. The SMILES string of the molecule is O=C(N[C@H](CN1CCCC1)C(O)c1cc(F)c2c(c1)OCCO2)C(=O)c1ccc(N2CCCCC2)cc1. The lowest BCUT2D eigenvalue weighted by atomic mass is 9.99. The van der Waals surface area contributed by atoms with Crippen LogP contribution in [-0.2, 0) is 4.79 Å². The highest BCUT2D eigenvalue weighted by atomic mass is 19.1. The quantitative estimate of drug-likeness (QED) is 0.416. The fourth-order valence-electron chi connectivity index (χ4n) is 5.34. The number of aliphatic hydroxyl groups excluding tert-OH is 1.